The Labute approximate surface area is 112 Å². The van der Waals surface area contributed by atoms with E-state index in [0.717, 1.165) is 17.7 Å². The summed E-state index contributed by atoms with van der Waals surface area (Å²) in [5.74, 6) is 0.651. The van der Waals surface area contributed by atoms with E-state index in [1.807, 2.05) is 25.3 Å². The molecule has 3 nitrogen and oxygen atoms in total. The van der Waals surface area contributed by atoms with Gasteiger partial charge in [0.2, 0.25) is 0 Å². The Kier molecular flexibility index (Phi) is 4.05. The highest BCUT2D eigenvalue weighted by molar-refractivity contribution is 6.32. The molecule has 0 saturated carbocycles. The fraction of sp³-hybridized carbons (Fsp3) is 0.214. The molecule has 0 aliphatic carbocycles. The van der Waals surface area contributed by atoms with Gasteiger partial charge in [0.25, 0.3) is 0 Å². The molecule has 0 bridgehead atoms. The first-order valence-electron chi connectivity index (χ1n) is 5.74. The van der Waals surface area contributed by atoms with Gasteiger partial charge < -0.3 is 10.5 Å². The van der Waals surface area contributed by atoms with Gasteiger partial charge in [-0.05, 0) is 36.8 Å². The zero-order chi connectivity index (χ0) is 13.0. The summed E-state index contributed by atoms with van der Waals surface area (Å²) < 4.78 is 5.60. The van der Waals surface area contributed by atoms with Crippen molar-refractivity contribution in [1.82, 2.24) is 4.98 Å². The molecule has 0 atom stereocenters. The van der Waals surface area contributed by atoms with E-state index in [1.54, 1.807) is 18.2 Å². The molecular formula is C14H15ClN2O. The third kappa shape index (κ3) is 3.37. The van der Waals surface area contributed by atoms with Crippen molar-refractivity contribution in [3.05, 3.63) is 52.8 Å². The van der Waals surface area contributed by atoms with Crippen LogP contribution in [0.2, 0.25) is 5.02 Å². The summed E-state index contributed by atoms with van der Waals surface area (Å²) in [5.41, 5.74) is 8.40. The fourth-order valence-electron chi connectivity index (χ4n) is 1.55. The predicted molar refractivity (Wildman–Crippen MR) is 74.0 cm³/mol. The van der Waals surface area contributed by atoms with E-state index in [9.17, 15) is 0 Å². The molecule has 0 aliphatic rings. The summed E-state index contributed by atoms with van der Waals surface area (Å²) in [4.78, 5) is 4.31. The van der Waals surface area contributed by atoms with Crippen molar-refractivity contribution in [3.63, 3.8) is 0 Å². The van der Waals surface area contributed by atoms with E-state index in [-0.39, 0.29) is 0 Å². The molecule has 0 spiro atoms. The molecule has 1 aromatic heterocycles. The number of ether oxygens (including phenoxy) is 1. The Bertz CT molecular complexity index is 526. The third-order valence-corrected chi connectivity index (χ3v) is 2.84. The number of benzene rings is 1. The number of halogens is 1. The molecule has 0 aliphatic heterocycles. The first kappa shape index (κ1) is 12.7. The standard InChI is InChI=1S/C14H15ClN2O/c1-10-2-4-12(17-9-10)6-7-18-14-5-3-11(16)8-13(14)15/h2-5,8-9H,6-7,16H2,1H3. The third-order valence-electron chi connectivity index (χ3n) is 2.54. The number of nitrogens with zero attached hydrogens (tertiary/aromatic N) is 1. The highest BCUT2D eigenvalue weighted by Gasteiger charge is 2.02. The van der Waals surface area contributed by atoms with E-state index in [4.69, 9.17) is 22.1 Å². The van der Waals surface area contributed by atoms with Crippen molar-refractivity contribution in [1.29, 1.82) is 0 Å². The Morgan fingerprint density at radius 1 is 1.28 bits per heavy atom. The average molecular weight is 263 g/mol. The maximum Gasteiger partial charge on any atom is 0.138 e. The highest BCUT2D eigenvalue weighted by atomic mass is 35.5. The van der Waals surface area contributed by atoms with Crippen LogP contribution in [0.15, 0.2) is 36.5 Å². The molecule has 2 aromatic rings. The van der Waals surface area contributed by atoms with Gasteiger partial charge in [-0.2, -0.15) is 0 Å². The van der Waals surface area contributed by atoms with Gasteiger partial charge in [-0.15, -0.1) is 0 Å². The molecule has 1 aromatic carbocycles. The number of aryl methyl sites for hydroxylation is 1. The molecule has 94 valence electrons. The number of pyridine rings is 1. The van der Waals surface area contributed by atoms with E-state index in [1.165, 1.54) is 0 Å². The number of aromatic nitrogens is 1. The van der Waals surface area contributed by atoms with Crippen molar-refractivity contribution in [2.45, 2.75) is 13.3 Å². The average Bonchev–Trinajstić information content (AvgIpc) is 2.34. The summed E-state index contributed by atoms with van der Waals surface area (Å²) in [7, 11) is 0. The quantitative estimate of drug-likeness (QED) is 0.861. The second-order valence-electron chi connectivity index (χ2n) is 4.12. The lowest BCUT2D eigenvalue weighted by Crippen LogP contribution is -2.03. The minimum atomic E-state index is 0.534. The largest absolute Gasteiger partial charge is 0.492 e. The smallest absolute Gasteiger partial charge is 0.138 e. The molecule has 0 fully saturated rings. The van der Waals surface area contributed by atoms with Gasteiger partial charge in [0.05, 0.1) is 11.6 Å². The van der Waals surface area contributed by atoms with E-state index >= 15 is 0 Å². The molecule has 0 radical (unpaired) electrons. The lowest BCUT2D eigenvalue weighted by Gasteiger charge is -2.08. The number of nitrogen functional groups attached to an aromatic ring is 1. The summed E-state index contributed by atoms with van der Waals surface area (Å²) in [6, 6.07) is 9.27. The number of anilines is 1. The second kappa shape index (κ2) is 5.74. The SMILES string of the molecule is Cc1ccc(CCOc2ccc(N)cc2Cl)nc1. The Morgan fingerprint density at radius 2 is 2.11 bits per heavy atom. The van der Waals surface area contributed by atoms with Gasteiger partial charge in [0.15, 0.2) is 0 Å². The topological polar surface area (TPSA) is 48.1 Å². The number of rotatable bonds is 4. The van der Waals surface area contributed by atoms with Crippen LogP contribution in [0.25, 0.3) is 0 Å². The van der Waals surface area contributed by atoms with Gasteiger partial charge >= 0.3 is 0 Å². The summed E-state index contributed by atoms with van der Waals surface area (Å²) in [6.45, 7) is 2.56. The van der Waals surface area contributed by atoms with Gasteiger partial charge in [0.1, 0.15) is 5.75 Å². The van der Waals surface area contributed by atoms with E-state index in [0.29, 0.717) is 23.1 Å². The Balaban J connectivity index is 1.90. The Morgan fingerprint density at radius 3 is 2.78 bits per heavy atom. The van der Waals surface area contributed by atoms with Crippen LogP contribution >= 0.6 is 11.6 Å². The second-order valence-corrected chi connectivity index (χ2v) is 4.52. The highest BCUT2D eigenvalue weighted by Crippen LogP contribution is 2.26. The van der Waals surface area contributed by atoms with Crippen LogP contribution in [0.5, 0.6) is 5.75 Å². The van der Waals surface area contributed by atoms with Gasteiger partial charge in [-0.3, -0.25) is 4.98 Å². The Hall–Kier alpha value is -1.74. The maximum absolute atomic E-state index is 6.01. The molecule has 0 amide bonds. The first-order chi connectivity index (χ1) is 8.65. The van der Waals surface area contributed by atoms with Crippen LogP contribution in [0.1, 0.15) is 11.3 Å². The molecule has 2 N–H and O–H groups in total. The molecule has 1 heterocycles. The first-order valence-corrected chi connectivity index (χ1v) is 6.12. The summed E-state index contributed by atoms with van der Waals surface area (Å²) in [5, 5.41) is 0.534. The summed E-state index contributed by atoms with van der Waals surface area (Å²) in [6.07, 6.45) is 2.60. The van der Waals surface area contributed by atoms with Crippen LogP contribution in [-0.4, -0.2) is 11.6 Å². The predicted octanol–water partition coefficient (Wildman–Crippen LogP) is 3.25. The number of hydrogen-bond donors (Lipinski definition) is 1. The summed E-state index contributed by atoms with van der Waals surface area (Å²) >= 11 is 6.01. The lowest BCUT2D eigenvalue weighted by molar-refractivity contribution is 0.321. The van der Waals surface area contributed by atoms with Crippen LogP contribution in [0.3, 0.4) is 0 Å². The zero-order valence-electron chi connectivity index (χ0n) is 10.2. The number of nitrogens with two attached hydrogens (primary N) is 1. The van der Waals surface area contributed by atoms with Gasteiger partial charge in [0, 0.05) is 24.0 Å². The zero-order valence-corrected chi connectivity index (χ0v) is 10.9. The fourth-order valence-corrected chi connectivity index (χ4v) is 1.79. The van der Waals surface area contributed by atoms with Gasteiger partial charge in [-0.1, -0.05) is 17.7 Å². The lowest BCUT2D eigenvalue weighted by atomic mass is 10.2. The van der Waals surface area contributed by atoms with Crippen LogP contribution in [0, 0.1) is 6.92 Å². The maximum atomic E-state index is 6.01. The van der Waals surface area contributed by atoms with E-state index < -0.39 is 0 Å². The molecule has 0 unspecified atom stereocenters. The minimum Gasteiger partial charge on any atom is -0.492 e. The van der Waals surface area contributed by atoms with Crippen molar-refractivity contribution >= 4 is 17.3 Å². The molecule has 18 heavy (non-hydrogen) atoms. The number of hydrogen-bond acceptors (Lipinski definition) is 3. The monoisotopic (exact) mass is 262 g/mol. The minimum absolute atomic E-state index is 0.534. The molecule has 4 heteroatoms. The molecule has 0 saturated heterocycles. The van der Waals surface area contributed by atoms with Gasteiger partial charge in [-0.25, -0.2) is 0 Å². The van der Waals surface area contributed by atoms with Crippen LogP contribution in [0.4, 0.5) is 5.69 Å². The van der Waals surface area contributed by atoms with E-state index in [2.05, 4.69) is 4.98 Å². The van der Waals surface area contributed by atoms with Crippen molar-refractivity contribution in [3.8, 4) is 5.75 Å². The molecular weight excluding hydrogens is 248 g/mol. The van der Waals surface area contributed by atoms with Crippen LogP contribution in [-0.2, 0) is 6.42 Å². The van der Waals surface area contributed by atoms with Crippen LogP contribution < -0.4 is 10.5 Å². The van der Waals surface area contributed by atoms with Crippen molar-refractivity contribution in [2.24, 2.45) is 0 Å². The normalized spacial score (nSPS) is 10.3. The van der Waals surface area contributed by atoms with Crippen molar-refractivity contribution in [2.75, 3.05) is 12.3 Å². The van der Waals surface area contributed by atoms with Crippen molar-refractivity contribution < 1.29 is 4.74 Å². The molecule has 2 rings (SSSR count).